The zero-order chi connectivity index (χ0) is 5.98. The second-order valence-electron chi connectivity index (χ2n) is 1.98. The molecule has 1 heterocycles. The van der Waals surface area contributed by atoms with Gasteiger partial charge in [0.05, 0.1) is 5.88 Å². The molecule has 0 spiro atoms. The maximum atomic E-state index is 2.21. The maximum absolute atomic E-state index is 2.21. The fourth-order valence-electron chi connectivity index (χ4n) is 0.698. The highest BCUT2D eigenvalue weighted by Gasteiger charge is 2.05. The highest BCUT2D eigenvalue weighted by Crippen LogP contribution is 2.25. The molecule has 0 N–H and O–H groups in total. The summed E-state index contributed by atoms with van der Waals surface area (Å²) in [6.45, 7) is 2.19. The quantitative estimate of drug-likeness (QED) is 0.531. The molecule has 2 heteroatoms. The molecule has 0 atom stereocenters. The third-order valence-electron chi connectivity index (χ3n) is 1.17. The number of hydrogen-bond donors (Lipinski definition) is 0. The Morgan fingerprint density at radius 1 is 1.88 bits per heavy atom. The predicted octanol–water partition coefficient (Wildman–Crippen LogP) is 1.87. The van der Waals surface area contributed by atoms with Crippen LogP contribution in [0.5, 0.6) is 0 Å². The molecular weight excluding hydrogens is 118 g/mol. The summed E-state index contributed by atoms with van der Waals surface area (Å²) in [5.41, 5.74) is 0. The van der Waals surface area contributed by atoms with Gasteiger partial charge in [0.1, 0.15) is 0 Å². The average molecular weight is 129 g/mol. The van der Waals surface area contributed by atoms with Crippen LogP contribution in [0.3, 0.4) is 0 Å². The van der Waals surface area contributed by atoms with E-state index in [2.05, 4.69) is 25.1 Å². The molecule has 0 aliphatic carbocycles. The van der Waals surface area contributed by atoms with E-state index >= 15 is 0 Å². The fourth-order valence-corrected chi connectivity index (χ4v) is 1.60. The van der Waals surface area contributed by atoms with E-state index in [-0.39, 0.29) is 0 Å². The first-order chi connectivity index (χ1) is 3.83. The van der Waals surface area contributed by atoms with E-state index in [0.29, 0.717) is 0 Å². The van der Waals surface area contributed by atoms with Crippen LogP contribution >= 0.6 is 11.8 Å². The van der Waals surface area contributed by atoms with Crippen molar-refractivity contribution < 1.29 is 0 Å². The van der Waals surface area contributed by atoms with Crippen molar-refractivity contribution in [1.82, 2.24) is 4.90 Å². The van der Waals surface area contributed by atoms with Crippen LogP contribution in [0, 0.1) is 0 Å². The fraction of sp³-hybridized carbons (Fsp3) is 0.667. The van der Waals surface area contributed by atoms with Gasteiger partial charge in [0.15, 0.2) is 0 Å². The zero-order valence-electron chi connectivity index (χ0n) is 5.35. The van der Waals surface area contributed by atoms with Crippen LogP contribution in [-0.2, 0) is 0 Å². The van der Waals surface area contributed by atoms with Crippen LogP contribution in [-0.4, -0.2) is 17.8 Å². The first kappa shape index (κ1) is 6.02. The lowest BCUT2D eigenvalue weighted by Crippen LogP contribution is -2.02. The number of allylic oxidation sites excluding steroid dienone is 1. The van der Waals surface area contributed by atoms with Gasteiger partial charge < -0.3 is 4.90 Å². The SMILES string of the molecule is CCC1=CN(C)CS1. The molecule has 0 saturated heterocycles. The molecule has 46 valence electrons. The lowest BCUT2D eigenvalue weighted by Gasteiger charge is -2.01. The Hall–Kier alpha value is -0.110. The van der Waals surface area contributed by atoms with Gasteiger partial charge in [-0.15, -0.1) is 11.8 Å². The van der Waals surface area contributed by atoms with Gasteiger partial charge in [-0.1, -0.05) is 6.92 Å². The minimum Gasteiger partial charge on any atom is -0.370 e. The van der Waals surface area contributed by atoms with Gasteiger partial charge in [-0.05, 0) is 6.42 Å². The summed E-state index contributed by atoms with van der Waals surface area (Å²) in [5, 5.41) is 0. The Morgan fingerprint density at radius 2 is 2.62 bits per heavy atom. The normalized spacial score (nSPS) is 19.2. The summed E-state index contributed by atoms with van der Waals surface area (Å²) >= 11 is 1.94. The van der Waals surface area contributed by atoms with Crippen LogP contribution < -0.4 is 0 Å². The molecule has 0 aromatic rings. The van der Waals surface area contributed by atoms with E-state index in [1.807, 2.05) is 11.8 Å². The third kappa shape index (κ3) is 1.19. The zero-order valence-corrected chi connectivity index (χ0v) is 6.16. The number of hydrogen-bond acceptors (Lipinski definition) is 2. The molecule has 0 bridgehead atoms. The highest BCUT2D eigenvalue weighted by atomic mass is 32.2. The van der Waals surface area contributed by atoms with Crippen molar-refractivity contribution in [3.63, 3.8) is 0 Å². The number of nitrogens with zero attached hydrogens (tertiary/aromatic N) is 1. The van der Waals surface area contributed by atoms with E-state index in [1.165, 1.54) is 11.3 Å². The first-order valence-electron chi connectivity index (χ1n) is 2.86. The molecule has 0 amide bonds. The van der Waals surface area contributed by atoms with Crippen molar-refractivity contribution in [3.8, 4) is 0 Å². The van der Waals surface area contributed by atoms with Gasteiger partial charge in [0.2, 0.25) is 0 Å². The third-order valence-corrected chi connectivity index (χ3v) is 2.47. The predicted molar refractivity (Wildman–Crippen MR) is 38.6 cm³/mol. The monoisotopic (exact) mass is 129 g/mol. The van der Waals surface area contributed by atoms with Gasteiger partial charge in [-0.25, -0.2) is 0 Å². The van der Waals surface area contributed by atoms with Crippen molar-refractivity contribution in [2.24, 2.45) is 0 Å². The van der Waals surface area contributed by atoms with Crippen molar-refractivity contribution in [2.45, 2.75) is 13.3 Å². The van der Waals surface area contributed by atoms with Crippen LogP contribution in [0.4, 0.5) is 0 Å². The van der Waals surface area contributed by atoms with Gasteiger partial charge in [0.25, 0.3) is 0 Å². The molecule has 0 fully saturated rings. The van der Waals surface area contributed by atoms with E-state index in [1.54, 1.807) is 0 Å². The molecule has 1 nitrogen and oxygen atoms in total. The minimum absolute atomic E-state index is 1.14. The van der Waals surface area contributed by atoms with E-state index in [4.69, 9.17) is 0 Å². The van der Waals surface area contributed by atoms with Crippen molar-refractivity contribution in [3.05, 3.63) is 11.1 Å². The molecule has 1 aliphatic rings. The largest absolute Gasteiger partial charge is 0.370 e. The smallest absolute Gasteiger partial charge is 0.0674 e. The molecule has 8 heavy (non-hydrogen) atoms. The van der Waals surface area contributed by atoms with Gasteiger partial charge in [0, 0.05) is 18.2 Å². The Morgan fingerprint density at radius 3 is 2.88 bits per heavy atom. The summed E-state index contributed by atoms with van der Waals surface area (Å²) < 4.78 is 0. The molecular formula is C6H11NS. The Labute approximate surface area is 54.8 Å². The standard InChI is InChI=1S/C6H11NS/c1-3-6-4-7(2)5-8-6/h4H,3,5H2,1-2H3. The van der Waals surface area contributed by atoms with Crippen molar-refractivity contribution in [1.29, 1.82) is 0 Å². The van der Waals surface area contributed by atoms with E-state index in [9.17, 15) is 0 Å². The molecule has 1 rings (SSSR count). The van der Waals surface area contributed by atoms with Gasteiger partial charge in [-0.2, -0.15) is 0 Å². The lowest BCUT2D eigenvalue weighted by molar-refractivity contribution is 0.549. The summed E-state index contributed by atoms with van der Waals surface area (Å²) in [6.07, 6.45) is 3.40. The van der Waals surface area contributed by atoms with Crippen LogP contribution in [0.15, 0.2) is 11.1 Å². The van der Waals surface area contributed by atoms with Gasteiger partial charge in [-0.3, -0.25) is 0 Å². The second-order valence-corrected chi connectivity index (χ2v) is 3.05. The highest BCUT2D eigenvalue weighted by molar-refractivity contribution is 8.03. The lowest BCUT2D eigenvalue weighted by atomic mass is 10.4. The summed E-state index contributed by atoms with van der Waals surface area (Å²) in [6, 6.07) is 0. The molecule has 0 radical (unpaired) electrons. The van der Waals surface area contributed by atoms with Crippen LogP contribution in [0.2, 0.25) is 0 Å². The number of rotatable bonds is 1. The minimum atomic E-state index is 1.14. The molecule has 0 saturated carbocycles. The first-order valence-corrected chi connectivity index (χ1v) is 3.85. The number of thioether (sulfide) groups is 1. The summed E-state index contributed by atoms with van der Waals surface area (Å²) in [5.74, 6) is 1.14. The van der Waals surface area contributed by atoms with Crippen molar-refractivity contribution >= 4 is 11.8 Å². The average Bonchev–Trinajstić information content (AvgIpc) is 2.14. The second kappa shape index (κ2) is 2.44. The molecule has 0 unspecified atom stereocenters. The molecule has 1 aliphatic heterocycles. The topological polar surface area (TPSA) is 3.24 Å². The summed E-state index contributed by atoms with van der Waals surface area (Å²) in [7, 11) is 2.11. The van der Waals surface area contributed by atoms with Gasteiger partial charge >= 0.3 is 0 Å². The Kier molecular flexibility index (Phi) is 1.84. The van der Waals surface area contributed by atoms with E-state index in [0.717, 1.165) is 5.88 Å². The maximum Gasteiger partial charge on any atom is 0.0674 e. The van der Waals surface area contributed by atoms with Crippen LogP contribution in [0.25, 0.3) is 0 Å². The molecule has 0 aromatic heterocycles. The van der Waals surface area contributed by atoms with Crippen molar-refractivity contribution in [2.75, 3.05) is 12.9 Å². The van der Waals surface area contributed by atoms with Crippen LogP contribution in [0.1, 0.15) is 13.3 Å². The van der Waals surface area contributed by atoms with E-state index < -0.39 is 0 Å². The Balaban J connectivity index is 2.44. The summed E-state index contributed by atoms with van der Waals surface area (Å²) in [4.78, 5) is 3.72. The molecule has 0 aromatic carbocycles. The Bertz CT molecular complexity index is 109.